The molecule has 12 heteroatoms. The molecule has 182 valence electrons. The third-order valence-electron chi connectivity index (χ3n) is 5.08. The highest BCUT2D eigenvalue weighted by molar-refractivity contribution is 6.01. The second kappa shape index (κ2) is 10.3. The van der Waals surface area contributed by atoms with Crippen molar-refractivity contribution in [1.82, 2.24) is 25.6 Å². The SMILES string of the molecule is COc1cc(C(=O)NNC(=O)c2nc(-c3ccccc3)n(-c3ccccc3)n2)c([N+](=O)[O-])cc1OC. The largest absolute Gasteiger partial charge is 0.493 e. The highest BCUT2D eigenvalue weighted by Crippen LogP contribution is 2.34. The van der Waals surface area contributed by atoms with Gasteiger partial charge in [0, 0.05) is 11.6 Å². The van der Waals surface area contributed by atoms with E-state index in [4.69, 9.17) is 9.47 Å². The standard InChI is InChI=1S/C24H20N6O6/c1-35-19-13-17(18(30(33)34)14-20(19)36-2)23(31)26-27-24(32)21-25-22(15-9-5-3-6-10-15)29(28-21)16-11-7-4-8-12-16/h3-14H,1-2H3,(H,26,31)(H,27,32). The van der Waals surface area contributed by atoms with Gasteiger partial charge in [-0.2, -0.15) is 0 Å². The van der Waals surface area contributed by atoms with Crippen LogP contribution in [0.3, 0.4) is 0 Å². The molecule has 3 aromatic carbocycles. The molecule has 2 amide bonds. The van der Waals surface area contributed by atoms with Gasteiger partial charge in [-0.1, -0.05) is 48.5 Å². The molecule has 0 saturated carbocycles. The first-order valence-corrected chi connectivity index (χ1v) is 10.5. The molecule has 0 radical (unpaired) electrons. The quantitative estimate of drug-likeness (QED) is 0.298. The number of hydrazine groups is 1. The molecule has 0 aliphatic rings. The molecule has 0 bridgehead atoms. The molecule has 4 rings (SSSR count). The Labute approximate surface area is 204 Å². The maximum Gasteiger partial charge on any atom is 0.309 e. The Morgan fingerprint density at radius 2 is 1.47 bits per heavy atom. The fourth-order valence-corrected chi connectivity index (χ4v) is 3.37. The molecule has 0 saturated heterocycles. The van der Waals surface area contributed by atoms with E-state index in [1.54, 1.807) is 12.1 Å². The summed E-state index contributed by atoms with van der Waals surface area (Å²) in [6.45, 7) is 0. The Morgan fingerprint density at radius 1 is 0.889 bits per heavy atom. The third kappa shape index (κ3) is 4.82. The van der Waals surface area contributed by atoms with Gasteiger partial charge in [-0.15, -0.1) is 5.10 Å². The lowest BCUT2D eigenvalue weighted by atomic mass is 10.1. The molecule has 0 unspecified atom stereocenters. The highest BCUT2D eigenvalue weighted by Gasteiger charge is 2.26. The summed E-state index contributed by atoms with van der Waals surface area (Å²) in [4.78, 5) is 40.6. The highest BCUT2D eigenvalue weighted by atomic mass is 16.6. The molecule has 0 atom stereocenters. The van der Waals surface area contributed by atoms with Crippen LogP contribution in [0.15, 0.2) is 72.8 Å². The molecule has 0 aliphatic heterocycles. The van der Waals surface area contributed by atoms with Crippen molar-refractivity contribution in [3.63, 3.8) is 0 Å². The van der Waals surface area contributed by atoms with Gasteiger partial charge in [0.25, 0.3) is 11.6 Å². The Balaban J connectivity index is 1.60. The Kier molecular flexibility index (Phi) is 6.86. The van der Waals surface area contributed by atoms with E-state index in [0.29, 0.717) is 11.5 Å². The van der Waals surface area contributed by atoms with Crippen LogP contribution in [-0.4, -0.2) is 45.7 Å². The molecule has 2 N–H and O–H groups in total. The lowest BCUT2D eigenvalue weighted by Gasteiger charge is -2.11. The number of rotatable bonds is 7. The average Bonchev–Trinajstić information content (AvgIpc) is 3.37. The molecule has 12 nitrogen and oxygen atoms in total. The smallest absolute Gasteiger partial charge is 0.309 e. The monoisotopic (exact) mass is 488 g/mol. The van der Waals surface area contributed by atoms with Gasteiger partial charge >= 0.3 is 5.91 Å². The van der Waals surface area contributed by atoms with Gasteiger partial charge in [0.15, 0.2) is 17.3 Å². The summed E-state index contributed by atoms with van der Waals surface area (Å²) in [5, 5.41) is 15.8. The summed E-state index contributed by atoms with van der Waals surface area (Å²) >= 11 is 0. The van der Waals surface area contributed by atoms with Crippen molar-refractivity contribution in [3.05, 3.63) is 94.3 Å². The van der Waals surface area contributed by atoms with Gasteiger partial charge in [0.1, 0.15) is 5.56 Å². The average molecular weight is 488 g/mol. The van der Waals surface area contributed by atoms with Crippen molar-refractivity contribution in [2.24, 2.45) is 0 Å². The second-order valence-corrected chi connectivity index (χ2v) is 7.26. The number of nitro benzene ring substituents is 1. The number of hydrogen-bond acceptors (Lipinski definition) is 8. The molecule has 1 heterocycles. The van der Waals surface area contributed by atoms with Crippen molar-refractivity contribution in [2.45, 2.75) is 0 Å². The number of hydrogen-bond donors (Lipinski definition) is 2. The zero-order valence-electron chi connectivity index (χ0n) is 19.2. The van der Waals surface area contributed by atoms with E-state index < -0.39 is 22.4 Å². The molecular weight excluding hydrogens is 468 g/mol. The van der Waals surface area contributed by atoms with Crippen LogP contribution in [0.4, 0.5) is 5.69 Å². The van der Waals surface area contributed by atoms with E-state index in [9.17, 15) is 19.7 Å². The fourth-order valence-electron chi connectivity index (χ4n) is 3.37. The number of nitrogens with zero attached hydrogens (tertiary/aromatic N) is 4. The normalized spacial score (nSPS) is 10.4. The van der Waals surface area contributed by atoms with Crippen LogP contribution in [0.5, 0.6) is 11.5 Å². The van der Waals surface area contributed by atoms with Crippen LogP contribution in [-0.2, 0) is 0 Å². The van der Waals surface area contributed by atoms with Crippen LogP contribution in [0.1, 0.15) is 21.0 Å². The van der Waals surface area contributed by atoms with Crippen molar-refractivity contribution in [3.8, 4) is 28.6 Å². The predicted octanol–water partition coefficient (Wildman–Crippen LogP) is 2.93. The van der Waals surface area contributed by atoms with Crippen LogP contribution in [0.25, 0.3) is 17.1 Å². The zero-order valence-corrected chi connectivity index (χ0v) is 19.2. The number of carbonyl (C=O) groups is 2. The van der Waals surface area contributed by atoms with E-state index in [-0.39, 0.29) is 22.9 Å². The van der Waals surface area contributed by atoms with E-state index in [1.165, 1.54) is 18.9 Å². The minimum Gasteiger partial charge on any atom is -0.493 e. The van der Waals surface area contributed by atoms with Crippen LogP contribution < -0.4 is 20.3 Å². The van der Waals surface area contributed by atoms with Crippen LogP contribution in [0, 0.1) is 10.1 Å². The number of benzene rings is 3. The molecular formula is C24H20N6O6. The minimum atomic E-state index is -0.943. The van der Waals surface area contributed by atoms with Gasteiger partial charge in [-0.3, -0.25) is 30.6 Å². The molecule has 0 fully saturated rings. The number of methoxy groups -OCH3 is 2. The van der Waals surface area contributed by atoms with Crippen molar-refractivity contribution in [1.29, 1.82) is 0 Å². The number of aromatic nitrogens is 3. The zero-order chi connectivity index (χ0) is 25.7. The number of carbonyl (C=O) groups excluding carboxylic acids is 2. The van der Waals surface area contributed by atoms with E-state index in [2.05, 4.69) is 20.9 Å². The molecule has 0 aliphatic carbocycles. The van der Waals surface area contributed by atoms with Crippen molar-refractivity contribution >= 4 is 17.5 Å². The summed E-state index contributed by atoms with van der Waals surface area (Å²) in [6.07, 6.45) is 0. The summed E-state index contributed by atoms with van der Waals surface area (Å²) in [7, 11) is 2.64. The van der Waals surface area contributed by atoms with Gasteiger partial charge in [0.05, 0.1) is 30.9 Å². The summed E-state index contributed by atoms with van der Waals surface area (Å²) < 4.78 is 11.7. The van der Waals surface area contributed by atoms with Gasteiger partial charge in [0.2, 0.25) is 5.82 Å². The van der Waals surface area contributed by atoms with E-state index in [1.807, 2.05) is 48.5 Å². The van der Waals surface area contributed by atoms with Gasteiger partial charge < -0.3 is 9.47 Å². The maximum absolute atomic E-state index is 12.8. The number of nitrogens with one attached hydrogen (secondary N) is 2. The van der Waals surface area contributed by atoms with Gasteiger partial charge in [-0.25, -0.2) is 9.67 Å². The second-order valence-electron chi connectivity index (χ2n) is 7.26. The first kappa shape index (κ1) is 23.9. The van der Waals surface area contributed by atoms with Gasteiger partial charge in [-0.05, 0) is 12.1 Å². The topological polar surface area (TPSA) is 151 Å². The Morgan fingerprint density at radius 3 is 2.08 bits per heavy atom. The first-order valence-electron chi connectivity index (χ1n) is 10.5. The fraction of sp³-hybridized carbons (Fsp3) is 0.0833. The van der Waals surface area contributed by atoms with E-state index >= 15 is 0 Å². The van der Waals surface area contributed by atoms with Crippen LogP contribution >= 0.6 is 0 Å². The summed E-state index contributed by atoms with van der Waals surface area (Å²) in [5.41, 5.74) is 4.88. The molecule has 1 aromatic heterocycles. The molecule has 36 heavy (non-hydrogen) atoms. The molecule has 4 aromatic rings. The summed E-state index contributed by atoms with van der Waals surface area (Å²) in [6, 6.07) is 20.5. The first-order chi connectivity index (χ1) is 17.4. The minimum absolute atomic E-state index is 0.0777. The lowest BCUT2D eigenvalue weighted by molar-refractivity contribution is -0.385. The Hall–Kier alpha value is -5.26. The van der Waals surface area contributed by atoms with Crippen LogP contribution in [0.2, 0.25) is 0 Å². The lowest BCUT2D eigenvalue weighted by Crippen LogP contribution is -2.42. The number of nitro groups is 1. The molecule has 0 spiro atoms. The number of amides is 2. The van der Waals surface area contributed by atoms with E-state index in [0.717, 1.165) is 17.7 Å². The maximum atomic E-state index is 12.8. The summed E-state index contributed by atoms with van der Waals surface area (Å²) in [5.74, 6) is -1.39. The van der Waals surface area contributed by atoms with Crippen molar-refractivity contribution in [2.75, 3.05) is 14.2 Å². The Bertz CT molecular complexity index is 1370. The van der Waals surface area contributed by atoms with Crippen molar-refractivity contribution < 1.29 is 24.0 Å². The third-order valence-corrected chi connectivity index (χ3v) is 5.08. The predicted molar refractivity (Wildman–Crippen MR) is 128 cm³/mol. The number of para-hydroxylation sites is 1. The number of ether oxygens (including phenoxy) is 2.